The standard InChI is InChI=1S/C21H31N3O3/c1-16-18(6-10-22(16)2)20(26)23-11-8-21(9-12-23)7-5-19(25)24(15-21)14-17-4-3-13-27-17/h6,10,17H,3-5,7-9,11-15H2,1-2H3/t17-/m1/s1. The molecule has 1 aromatic rings. The van der Waals surface area contributed by atoms with Crippen LogP contribution in [-0.2, 0) is 16.6 Å². The van der Waals surface area contributed by atoms with E-state index >= 15 is 0 Å². The van der Waals surface area contributed by atoms with Crippen LogP contribution in [0.4, 0.5) is 0 Å². The molecule has 0 saturated carbocycles. The predicted molar refractivity (Wildman–Crippen MR) is 103 cm³/mol. The van der Waals surface area contributed by atoms with Crippen molar-refractivity contribution in [1.29, 1.82) is 0 Å². The number of amides is 2. The number of aromatic nitrogens is 1. The minimum absolute atomic E-state index is 0.144. The molecule has 4 rings (SSSR count). The van der Waals surface area contributed by atoms with E-state index in [0.29, 0.717) is 6.42 Å². The largest absolute Gasteiger partial charge is 0.376 e. The molecule has 1 aromatic heterocycles. The second kappa shape index (κ2) is 7.30. The van der Waals surface area contributed by atoms with Gasteiger partial charge in [-0.2, -0.15) is 0 Å². The highest BCUT2D eigenvalue weighted by Crippen LogP contribution is 2.40. The summed E-state index contributed by atoms with van der Waals surface area (Å²) in [5, 5.41) is 0. The van der Waals surface area contributed by atoms with Gasteiger partial charge in [-0.05, 0) is 50.5 Å². The number of hydrogen-bond donors (Lipinski definition) is 0. The topological polar surface area (TPSA) is 54.8 Å². The molecule has 148 valence electrons. The number of hydrogen-bond acceptors (Lipinski definition) is 3. The lowest BCUT2D eigenvalue weighted by Crippen LogP contribution is -2.53. The first-order valence-corrected chi connectivity index (χ1v) is 10.3. The molecular formula is C21H31N3O3. The van der Waals surface area contributed by atoms with E-state index in [0.717, 1.165) is 76.1 Å². The van der Waals surface area contributed by atoms with Crippen LogP contribution in [0.25, 0.3) is 0 Å². The molecular weight excluding hydrogens is 342 g/mol. The monoisotopic (exact) mass is 373 g/mol. The zero-order valence-electron chi connectivity index (χ0n) is 16.6. The quantitative estimate of drug-likeness (QED) is 0.817. The Bertz CT molecular complexity index is 712. The first-order valence-electron chi connectivity index (χ1n) is 10.3. The Kier molecular flexibility index (Phi) is 5.01. The van der Waals surface area contributed by atoms with Crippen LogP contribution in [0.1, 0.15) is 54.6 Å². The van der Waals surface area contributed by atoms with Crippen molar-refractivity contribution in [1.82, 2.24) is 14.4 Å². The number of aryl methyl sites for hydroxylation is 1. The van der Waals surface area contributed by atoms with Crippen molar-refractivity contribution in [3.8, 4) is 0 Å². The van der Waals surface area contributed by atoms with Crippen LogP contribution in [0, 0.1) is 12.3 Å². The van der Waals surface area contributed by atoms with Crippen LogP contribution in [0.2, 0.25) is 0 Å². The molecule has 2 amide bonds. The number of carbonyl (C=O) groups excluding carboxylic acids is 2. The first kappa shape index (κ1) is 18.5. The number of piperidine rings is 2. The summed E-state index contributed by atoms with van der Waals surface area (Å²) >= 11 is 0. The molecule has 6 heteroatoms. The lowest BCUT2D eigenvalue weighted by atomic mass is 9.72. The fourth-order valence-electron chi connectivity index (χ4n) is 4.90. The fourth-order valence-corrected chi connectivity index (χ4v) is 4.90. The molecule has 27 heavy (non-hydrogen) atoms. The Hall–Kier alpha value is -1.82. The van der Waals surface area contributed by atoms with Crippen molar-refractivity contribution in [2.75, 3.05) is 32.8 Å². The van der Waals surface area contributed by atoms with E-state index in [1.807, 2.05) is 40.6 Å². The second-order valence-corrected chi connectivity index (χ2v) is 8.63. The van der Waals surface area contributed by atoms with E-state index < -0.39 is 0 Å². The number of nitrogens with zero attached hydrogens (tertiary/aromatic N) is 3. The van der Waals surface area contributed by atoms with Crippen LogP contribution in [0.3, 0.4) is 0 Å². The van der Waals surface area contributed by atoms with Gasteiger partial charge in [-0.15, -0.1) is 0 Å². The summed E-state index contributed by atoms with van der Waals surface area (Å²) < 4.78 is 7.74. The second-order valence-electron chi connectivity index (χ2n) is 8.63. The van der Waals surface area contributed by atoms with Gasteiger partial charge in [0.05, 0.1) is 11.7 Å². The highest BCUT2D eigenvalue weighted by atomic mass is 16.5. The van der Waals surface area contributed by atoms with E-state index in [-0.39, 0.29) is 23.3 Å². The minimum atomic E-state index is 0.144. The highest BCUT2D eigenvalue weighted by Gasteiger charge is 2.42. The highest BCUT2D eigenvalue weighted by molar-refractivity contribution is 5.95. The number of likely N-dealkylation sites (tertiary alicyclic amines) is 2. The van der Waals surface area contributed by atoms with Gasteiger partial charge >= 0.3 is 0 Å². The molecule has 3 saturated heterocycles. The Morgan fingerprint density at radius 1 is 1.30 bits per heavy atom. The molecule has 0 N–H and O–H groups in total. The predicted octanol–water partition coefficient (Wildman–Crippen LogP) is 2.36. The summed E-state index contributed by atoms with van der Waals surface area (Å²) in [7, 11) is 1.97. The van der Waals surface area contributed by atoms with Gasteiger partial charge < -0.3 is 19.1 Å². The Morgan fingerprint density at radius 3 is 2.70 bits per heavy atom. The average Bonchev–Trinajstić information content (AvgIpc) is 3.29. The molecule has 3 aliphatic rings. The third-order valence-electron chi connectivity index (χ3n) is 6.92. The van der Waals surface area contributed by atoms with Crippen molar-refractivity contribution in [2.45, 2.75) is 51.6 Å². The van der Waals surface area contributed by atoms with E-state index in [1.165, 1.54) is 0 Å². The summed E-state index contributed by atoms with van der Waals surface area (Å²) in [6.45, 7) is 5.97. The van der Waals surface area contributed by atoms with Gasteiger partial charge in [0, 0.05) is 58.1 Å². The van der Waals surface area contributed by atoms with Crippen molar-refractivity contribution in [3.05, 3.63) is 23.5 Å². The third-order valence-corrected chi connectivity index (χ3v) is 6.92. The Morgan fingerprint density at radius 2 is 2.07 bits per heavy atom. The van der Waals surface area contributed by atoms with Crippen LogP contribution in [-0.4, -0.2) is 65.1 Å². The van der Waals surface area contributed by atoms with Gasteiger partial charge in [-0.25, -0.2) is 0 Å². The molecule has 1 spiro atoms. The summed E-state index contributed by atoms with van der Waals surface area (Å²) in [4.78, 5) is 29.3. The normalized spacial score (nSPS) is 25.4. The lowest BCUT2D eigenvalue weighted by Gasteiger charge is -2.47. The zero-order chi connectivity index (χ0) is 19.0. The van der Waals surface area contributed by atoms with Gasteiger partial charge in [0.25, 0.3) is 5.91 Å². The molecule has 1 atom stereocenters. The van der Waals surface area contributed by atoms with E-state index in [2.05, 4.69) is 0 Å². The molecule has 3 fully saturated rings. The maximum atomic E-state index is 12.9. The van der Waals surface area contributed by atoms with Crippen molar-refractivity contribution >= 4 is 11.8 Å². The van der Waals surface area contributed by atoms with Crippen LogP contribution < -0.4 is 0 Å². The van der Waals surface area contributed by atoms with Crippen LogP contribution in [0.15, 0.2) is 12.3 Å². The summed E-state index contributed by atoms with van der Waals surface area (Å²) in [5.74, 6) is 0.417. The average molecular weight is 373 g/mol. The fraction of sp³-hybridized carbons (Fsp3) is 0.714. The van der Waals surface area contributed by atoms with E-state index in [1.54, 1.807) is 0 Å². The number of ether oxygens (including phenoxy) is 1. The molecule has 0 radical (unpaired) electrons. The maximum Gasteiger partial charge on any atom is 0.255 e. The van der Waals surface area contributed by atoms with Gasteiger partial charge in [-0.1, -0.05) is 0 Å². The molecule has 3 aliphatic heterocycles. The SMILES string of the molecule is Cc1c(C(=O)N2CCC3(CCC(=O)N(C[C@H]4CCCO4)C3)CC2)ccn1C. The van der Waals surface area contributed by atoms with Crippen molar-refractivity contribution in [2.24, 2.45) is 12.5 Å². The summed E-state index contributed by atoms with van der Waals surface area (Å²) in [6.07, 6.45) is 7.90. The summed E-state index contributed by atoms with van der Waals surface area (Å²) in [5.41, 5.74) is 2.01. The number of rotatable bonds is 3. The third kappa shape index (κ3) is 3.64. The molecule has 0 unspecified atom stereocenters. The Balaban J connectivity index is 1.38. The zero-order valence-corrected chi connectivity index (χ0v) is 16.6. The minimum Gasteiger partial charge on any atom is -0.376 e. The van der Waals surface area contributed by atoms with Gasteiger partial charge in [0.2, 0.25) is 5.91 Å². The lowest BCUT2D eigenvalue weighted by molar-refractivity contribution is -0.141. The smallest absolute Gasteiger partial charge is 0.255 e. The van der Waals surface area contributed by atoms with E-state index in [4.69, 9.17) is 4.74 Å². The van der Waals surface area contributed by atoms with Gasteiger partial charge in [-0.3, -0.25) is 9.59 Å². The molecule has 0 aromatic carbocycles. The molecule has 0 aliphatic carbocycles. The van der Waals surface area contributed by atoms with Crippen molar-refractivity contribution in [3.63, 3.8) is 0 Å². The first-order chi connectivity index (χ1) is 13.0. The van der Waals surface area contributed by atoms with Gasteiger partial charge in [0.15, 0.2) is 0 Å². The van der Waals surface area contributed by atoms with E-state index in [9.17, 15) is 9.59 Å². The van der Waals surface area contributed by atoms with Gasteiger partial charge in [0.1, 0.15) is 0 Å². The van der Waals surface area contributed by atoms with Crippen molar-refractivity contribution < 1.29 is 14.3 Å². The van der Waals surface area contributed by atoms with Crippen LogP contribution in [0.5, 0.6) is 0 Å². The molecule has 4 heterocycles. The Labute approximate surface area is 161 Å². The maximum absolute atomic E-state index is 12.9. The van der Waals surface area contributed by atoms with Crippen LogP contribution >= 0.6 is 0 Å². The summed E-state index contributed by atoms with van der Waals surface area (Å²) in [6, 6.07) is 1.92. The molecule has 6 nitrogen and oxygen atoms in total. The number of carbonyl (C=O) groups is 2. The molecule has 0 bridgehead atoms.